The summed E-state index contributed by atoms with van der Waals surface area (Å²) >= 11 is 3.31. The molecule has 0 N–H and O–H groups in total. The van der Waals surface area contributed by atoms with Gasteiger partial charge in [-0.3, -0.25) is 0 Å². The molecule has 0 saturated heterocycles. The second-order valence-corrected chi connectivity index (χ2v) is 5.21. The van der Waals surface area contributed by atoms with E-state index in [0.29, 0.717) is 0 Å². The Balaban J connectivity index is -0.000000333. The average molecular weight is 527 g/mol. The van der Waals surface area contributed by atoms with Crippen molar-refractivity contribution in [3.8, 4) is 0 Å². The van der Waals surface area contributed by atoms with Crippen LogP contribution in [0.4, 0.5) is 0 Å². The third-order valence-corrected chi connectivity index (χ3v) is 3.04. The van der Waals surface area contributed by atoms with Crippen LogP contribution in [0.2, 0.25) is 0 Å². The number of carbonyl (C=O) groups excluding carboxylic acids is 2. The molecule has 0 aliphatic heterocycles. The van der Waals surface area contributed by atoms with E-state index < -0.39 is 5.97 Å². The molecule has 2 aromatic rings. The molecule has 0 radical (unpaired) electrons. The average Bonchev–Trinajstić information content (AvgIpc) is 2.67. The molecule has 150 valence electrons. The van der Waals surface area contributed by atoms with Gasteiger partial charge in [-0.25, -0.2) is 9.59 Å². The summed E-state index contributed by atoms with van der Waals surface area (Å²) in [5.41, 5.74) is 0.989. The maximum atomic E-state index is 10.7. The molecule has 0 bridgehead atoms. The summed E-state index contributed by atoms with van der Waals surface area (Å²) < 4.78 is 9.72. The van der Waals surface area contributed by atoms with Crippen molar-refractivity contribution in [1.82, 2.24) is 0 Å². The van der Waals surface area contributed by atoms with E-state index in [0.717, 1.165) is 16.1 Å². The zero-order valence-electron chi connectivity index (χ0n) is 15.5. The molecule has 0 saturated carbocycles. The molecule has 0 aliphatic rings. The number of methoxy groups -OCH3 is 2. The van der Waals surface area contributed by atoms with Crippen LogP contribution in [-0.2, 0) is 39.5 Å². The van der Waals surface area contributed by atoms with E-state index in [4.69, 9.17) is 0 Å². The van der Waals surface area contributed by atoms with E-state index in [-0.39, 0.29) is 33.8 Å². The molecule has 0 amide bonds. The summed E-state index contributed by atoms with van der Waals surface area (Å²) in [4.78, 5) is 20.5. The van der Waals surface area contributed by atoms with Crippen molar-refractivity contribution in [2.45, 2.75) is 0 Å². The fourth-order valence-electron chi connectivity index (χ4n) is 1.29. The Labute approximate surface area is 184 Å². The van der Waals surface area contributed by atoms with Gasteiger partial charge >= 0.3 is 11.9 Å². The molecule has 0 atom stereocenters. The first kappa shape index (κ1) is 29.8. The van der Waals surface area contributed by atoms with Crippen LogP contribution < -0.4 is 0 Å². The van der Waals surface area contributed by atoms with Crippen molar-refractivity contribution in [3.05, 3.63) is 96.9 Å². The van der Waals surface area contributed by atoms with Crippen LogP contribution in [0.5, 0.6) is 0 Å². The molecule has 0 spiro atoms. The predicted octanol–water partition coefficient (Wildman–Crippen LogP) is 5.12. The molecule has 0 unspecified atom stereocenters. The van der Waals surface area contributed by atoms with Crippen molar-refractivity contribution in [3.63, 3.8) is 0 Å². The van der Waals surface area contributed by atoms with E-state index >= 15 is 0 Å². The molecular weight excluding hydrogens is 503 g/mol. The minimum Gasteiger partial charge on any atom is -0.466 e. The number of ether oxygens (including phenoxy) is 2. The first-order valence-electron chi connectivity index (χ1n) is 7.25. The molecular formula is C21H24BrO4Pd-. The molecule has 4 nitrogen and oxygen atoms in total. The number of rotatable bonds is 3. The van der Waals surface area contributed by atoms with Gasteiger partial charge in [0.1, 0.15) is 0 Å². The third-order valence-electron chi connectivity index (χ3n) is 2.51. The maximum Gasteiger partial charge on any atom is 0.330 e. The Morgan fingerprint density at radius 3 is 1.63 bits per heavy atom. The van der Waals surface area contributed by atoms with E-state index in [1.54, 1.807) is 6.08 Å². The fourth-order valence-corrected chi connectivity index (χ4v) is 1.60. The van der Waals surface area contributed by atoms with Gasteiger partial charge < -0.3 is 16.9 Å². The Morgan fingerprint density at radius 1 is 0.889 bits per heavy atom. The van der Waals surface area contributed by atoms with Crippen LogP contribution in [0.3, 0.4) is 0 Å². The first-order valence-corrected chi connectivity index (χ1v) is 8.04. The van der Waals surface area contributed by atoms with Crippen LogP contribution in [-0.4, -0.2) is 26.2 Å². The fraction of sp³-hybridized carbons (Fsp3) is 0.0952. The number of esters is 2. The second-order valence-electron chi connectivity index (χ2n) is 4.29. The van der Waals surface area contributed by atoms with Gasteiger partial charge in [-0.1, -0.05) is 71.0 Å². The largest absolute Gasteiger partial charge is 0.466 e. The van der Waals surface area contributed by atoms with Crippen molar-refractivity contribution >= 4 is 33.9 Å². The number of hydrogen-bond donors (Lipinski definition) is 0. The Kier molecular flexibility index (Phi) is 22.4. The topological polar surface area (TPSA) is 52.6 Å². The SMILES string of the molecule is Brc1ccccc1.C=CC(=O)OC.COC(=O)/C=C/c1ccccc1.[CH3-].[Pd]. The molecule has 0 heterocycles. The number of hydrogen-bond acceptors (Lipinski definition) is 4. The molecule has 0 fully saturated rings. The summed E-state index contributed by atoms with van der Waals surface area (Å²) in [6.45, 7) is 3.16. The van der Waals surface area contributed by atoms with Crippen LogP contribution in [0.25, 0.3) is 6.08 Å². The van der Waals surface area contributed by atoms with Gasteiger partial charge in [0.15, 0.2) is 0 Å². The van der Waals surface area contributed by atoms with Crippen LogP contribution in [0, 0.1) is 7.43 Å². The van der Waals surface area contributed by atoms with Gasteiger partial charge in [0.25, 0.3) is 0 Å². The smallest absolute Gasteiger partial charge is 0.330 e. The summed E-state index contributed by atoms with van der Waals surface area (Å²) in [7, 11) is 2.67. The van der Waals surface area contributed by atoms with Crippen molar-refractivity contribution < 1.29 is 39.5 Å². The minimum absolute atomic E-state index is 0. The van der Waals surface area contributed by atoms with Crippen molar-refractivity contribution in [2.24, 2.45) is 0 Å². The molecule has 2 aromatic carbocycles. The number of benzene rings is 2. The van der Waals surface area contributed by atoms with Gasteiger partial charge in [0.05, 0.1) is 14.2 Å². The van der Waals surface area contributed by atoms with E-state index in [1.165, 1.54) is 20.3 Å². The van der Waals surface area contributed by atoms with Gasteiger partial charge in [-0.2, -0.15) is 0 Å². The van der Waals surface area contributed by atoms with Gasteiger partial charge in [-0.15, -0.1) is 0 Å². The van der Waals surface area contributed by atoms with Gasteiger partial charge in [-0.05, 0) is 23.8 Å². The molecule has 6 heteroatoms. The Hall–Kier alpha value is -2.00. The number of halogens is 1. The standard InChI is InChI=1S/C10H10O2.C6H5Br.C4H6O2.CH3.Pd/c1-12-10(11)8-7-9-5-3-2-4-6-9;7-6-4-2-1-3-5-6;1-3-4(5)6-2;;/h2-8H,1H3;1-5H;3H,1H2,2H3;1H3;/q;;;-1;/b8-7+;;;;. The monoisotopic (exact) mass is 525 g/mol. The molecule has 27 heavy (non-hydrogen) atoms. The summed E-state index contributed by atoms with van der Waals surface area (Å²) in [5.74, 6) is -0.728. The van der Waals surface area contributed by atoms with Crippen LogP contribution >= 0.6 is 15.9 Å². The first-order chi connectivity index (χ1) is 12.0. The van der Waals surface area contributed by atoms with Gasteiger partial charge in [0, 0.05) is 37.0 Å². The minimum atomic E-state index is -0.394. The molecule has 0 aliphatic carbocycles. The van der Waals surface area contributed by atoms with E-state index in [2.05, 4.69) is 32.0 Å². The molecule has 0 aromatic heterocycles. The zero-order valence-corrected chi connectivity index (χ0v) is 18.7. The van der Waals surface area contributed by atoms with E-state index in [1.807, 2.05) is 60.7 Å². The predicted molar refractivity (Wildman–Crippen MR) is 110 cm³/mol. The Morgan fingerprint density at radius 2 is 1.33 bits per heavy atom. The van der Waals surface area contributed by atoms with Crippen LogP contribution in [0.1, 0.15) is 5.56 Å². The molecule has 2 rings (SSSR count). The second kappa shape index (κ2) is 20.3. The van der Waals surface area contributed by atoms with E-state index in [9.17, 15) is 9.59 Å². The zero-order chi connectivity index (χ0) is 18.9. The quantitative estimate of drug-likeness (QED) is 0.241. The van der Waals surface area contributed by atoms with Crippen molar-refractivity contribution in [1.29, 1.82) is 0 Å². The number of carbonyl (C=O) groups is 2. The summed E-state index contributed by atoms with van der Waals surface area (Å²) in [6.07, 6.45) is 4.22. The van der Waals surface area contributed by atoms with Crippen LogP contribution in [0.15, 0.2) is 83.9 Å². The third kappa shape index (κ3) is 18.6. The summed E-state index contributed by atoms with van der Waals surface area (Å²) in [6, 6.07) is 19.6. The van der Waals surface area contributed by atoms with Crippen molar-refractivity contribution in [2.75, 3.05) is 14.2 Å². The summed E-state index contributed by atoms with van der Waals surface area (Å²) in [5, 5.41) is 0. The Bertz CT molecular complexity index is 658. The maximum absolute atomic E-state index is 10.7. The van der Waals surface area contributed by atoms with Gasteiger partial charge in [0.2, 0.25) is 0 Å². The normalized spacial score (nSPS) is 8.26.